The van der Waals surface area contributed by atoms with Crippen LogP contribution in [0.2, 0.25) is 0 Å². The molecular formula is C19H23NO3S. The van der Waals surface area contributed by atoms with Gasteiger partial charge in [0, 0.05) is 23.8 Å². The smallest absolute Gasteiger partial charge is 0.307 e. The minimum absolute atomic E-state index is 0.0379. The van der Waals surface area contributed by atoms with Gasteiger partial charge in [0.05, 0.1) is 11.6 Å². The van der Waals surface area contributed by atoms with Crippen molar-refractivity contribution in [3.8, 4) is 10.6 Å². The highest BCUT2D eigenvalue weighted by Crippen LogP contribution is 2.30. The molecule has 0 aliphatic rings. The summed E-state index contributed by atoms with van der Waals surface area (Å²) in [6.45, 7) is 7.57. The molecule has 0 bridgehead atoms. The monoisotopic (exact) mass is 345 g/mol. The van der Waals surface area contributed by atoms with Crippen molar-refractivity contribution in [2.24, 2.45) is 11.3 Å². The molecular weight excluding hydrogens is 322 g/mol. The second-order valence-electron chi connectivity index (χ2n) is 7.19. The number of carbonyl (C=O) groups excluding carboxylic acids is 1. The molecule has 0 aliphatic carbocycles. The number of nitrogens with zero attached hydrogens (tertiary/aromatic N) is 1. The molecule has 1 atom stereocenters. The first-order valence-electron chi connectivity index (χ1n) is 7.93. The van der Waals surface area contributed by atoms with E-state index in [0.29, 0.717) is 5.69 Å². The van der Waals surface area contributed by atoms with Crippen LogP contribution in [-0.2, 0) is 16.0 Å². The first-order chi connectivity index (χ1) is 11.2. The van der Waals surface area contributed by atoms with Gasteiger partial charge in [-0.2, -0.15) is 0 Å². The van der Waals surface area contributed by atoms with E-state index in [1.54, 1.807) is 0 Å². The maximum atomic E-state index is 12.3. The van der Waals surface area contributed by atoms with Gasteiger partial charge in [-0.25, -0.2) is 4.98 Å². The molecule has 1 heterocycles. The predicted octanol–water partition coefficient (Wildman–Crippen LogP) is 4.37. The van der Waals surface area contributed by atoms with Crippen LogP contribution in [0.4, 0.5) is 0 Å². The van der Waals surface area contributed by atoms with Crippen molar-refractivity contribution < 1.29 is 14.7 Å². The molecule has 0 amide bonds. The fourth-order valence-electron chi connectivity index (χ4n) is 2.48. The fraction of sp³-hybridized carbons (Fsp3) is 0.421. The summed E-state index contributed by atoms with van der Waals surface area (Å²) in [5.41, 5.74) is 2.48. The van der Waals surface area contributed by atoms with Gasteiger partial charge in [0.2, 0.25) is 0 Å². The molecule has 4 nitrogen and oxygen atoms in total. The predicted molar refractivity (Wildman–Crippen MR) is 96.2 cm³/mol. The van der Waals surface area contributed by atoms with Crippen molar-refractivity contribution in [1.82, 2.24) is 4.98 Å². The van der Waals surface area contributed by atoms with Crippen LogP contribution in [0.15, 0.2) is 29.6 Å². The first kappa shape index (κ1) is 18.3. The summed E-state index contributed by atoms with van der Waals surface area (Å²) in [6.07, 6.45) is 0.221. The number of aliphatic carboxylic acids is 1. The average molecular weight is 345 g/mol. The second kappa shape index (κ2) is 7.26. The van der Waals surface area contributed by atoms with Crippen LogP contribution in [0, 0.1) is 18.3 Å². The highest BCUT2D eigenvalue weighted by atomic mass is 32.1. The maximum Gasteiger partial charge on any atom is 0.307 e. The topological polar surface area (TPSA) is 67.3 Å². The number of carboxylic acids is 1. The molecule has 0 radical (unpaired) electrons. The number of thiazole rings is 1. The molecule has 2 aromatic rings. The number of aryl methyl sites for hydroxylation is 1. The Balaban J connectivity index is 2.05. The Morgan fingerprint density at radius 3 is 2.38 bits per heavy atom. The fourth-order valence-corrected chi connectivity index (χ4v) is 3.31. The molecule has 128 valence electrons. The van der Waals surface area contributed by atoms with E-state index in [1.165, 1.54) is 16.9 Å². The number of aromatic nitrogens is 1. The lowest BCUT2D eigenvalue weighted by molar-refractivity contribution is -0.147. The van der Waals surface area contributed by atoms with Crippen LogP contribution in [0.25, 0.3) is 10.6 Å². The van der Waals surface area contributed by atoms with Crippen LogP contribution in [0.1, 0.15) is 38.4 Å². The minimum Gasteiger partial charge on any atom is -0.481 e. The quantitative estimate of drug-likeness (QED) is 0.844. The van der Waals surface area contributed by atoms with E-state index in [4.69, 9.17) is 0 Å². The zero-order valence-electron chi connectivity index (χ0n) is 14.5. The summed E-state index contributed by atoms with van der Waals surface area (Å²) in [7, 11) is 0. The third kappa shape index (κ3) is 4.74. The molecule has 24 heavy (non-hydrogen) atoms. The van der Waals surface area contributed by atoms with Crippen LogP contribution in [0.5, 0.6) is 0 Å². The minimum atomic E-state index is -0.922. The van der Waals surface area contributed by atoms with Gasteiger partial charge in [-0.1, -0.05) is 50.6 Å². The van der Waals surface area contributed by atoms with E-state index in [0.717, 1.165) is 10.6 Å². The van der Waals surface area contributed by atoms with E-state index < -0.39 is 17.3 Å². The molecule has 0 aliphatic heterocycles. The standard InChI is InChI=1S/C19H23NO3S/c1-12-5-7-13(8-6-12)17-20-14(11-24-17)9-15(21)10-16(18(22)23)19(2,3)4/h5-8,11,16H,9-10H2,1-4H3,(H,22,23)/t16-/m1/s1. The van der Waals surface area contributed by atoms with Gasteiger partial charge in [-0.05, 0) is 12.3 Å². The largest absolute Gasteiger partial charge is 0.481 e. The zero-order chi connectivity index (χ0) is 17.9. The third-order valence-electron chi connectivity index (χ3n) is 4.00. The Kier molecular flexibility index (Phi) is 5.54. The number of ketones is 1. The lowest BCUT2D eigenvalue weighted by Crippen LogP contribution is -2.31. The number of Topliss-reactive ketones (excluding diaryl/α,β-unsaturated/α-hetero) is 1. The highest BCUT2D eigenvalue weighted by Gasteiger charge is 2.33. The Morgan fingerprint density at radius 2 is 1.83 bits per heavy atom. The maximum absolute atomic E-state index is 12.3. The van der Waals surface area contributed by atoms with Gasteiger partial charge in [0.1, 0.15) is 10.8 Å². The molecule has 5 heteroatoms. The second-order valence-corrected chi connectivity index (χ2v) is 8.04. The summed E-state index contributed by atoms with van der Waals surface area (Å²) >= 11 is 1.50. The summed E-state index contributed by atoms with van der Waals surface area (Å²) in [4.78, 5) is 28.2. The van der Waals surface area contributed by atoms with E-state index in [1.807, 2.05) is 57.3 Å². The summed E-state index contributed by atoms with van der Waals surface area (Å²) in [5, 5.41) is 12.1. The van der Waals surface area contributed by atoms with Crippen molar-refractivity contribution in [1.29, 1.82) is 0 Å². The van der Waals surface area contributed by atoms with Gasteiger partial charge in [-0.15, -0.1) is 11.3 Å². The molecule has 0 saturated heterocycles. The van der Waals surface area contributed by atoms with Crippen molar-refractivity contribution >= 4 is 23.1 Å². The lowest BCUT2D eigenvalue weighted by Gasteiger charge is -2.26. The van der Waals surface area contributed by atoms with E-state index in [9.17, 15) is 14.7 Å². The number of carbonyl (C=O) groups is 2. The molecule has 0 fully saturated rings. The number of hydrogen-bond donors (Lipinski definition) is 1. The van der Waals surface area contributed by atoms with Crippen molar-refractivity contribution in [3.63, 3.8) is 0 Å². The molecule has 2 rings (SSSR count). The Morgan fingerprint density at radius 1 is 1.21 bits per heavy atom. The van der Waals surface area contributed by atoms with E-state index >= 15 is 0 Å². The SMILES string of the molecule is Cc1ccc(-c2nc(CC(=O)C[C@H](C(=O)O)C(C)(C)C)cs2)cc1. The van der Waals surface area contributed by atoms with Crippen molar-refractivity contribution in [2.45, 2.75) is 40.5 Å². The van der Waals surface area contributed by atoms with Gasteiger partial charge in [0.15, 0.2) is 0 Å². The number of hydrogen-bond acceptors (Lipinski definition) is 4. The normalized spacial score (nSPS) is 12.8. The third-order valence-corrected chi connectivity index (χ3v) is 4.94. The van der Waals surface area contributed by atoms with Crippen LogP contribution in [-0.4, -0.2) is 21.8 Å². The highest BCUT2D eigenvalue weighted by molar-refractivity contribution is 7.13. The van der Waals surface area contributed by atoms with Gasteiger partial charge in [0.25, 0.3) is 0 Å². The van der Waals surface area contributed by atoms with Crippen molar-refractivity contribution in [2.75, 3.05) is 0 Å². The molecule has 1 N–H and O–H groups in total. The summed E-state index contributed by atoms with van der Waals surface area (Å²) < 4.78 is 0. The molecule has 1 aromatic heterocycles. The molecule has 0 spiro atoms. The Bertz CT molecular complexity index is 726. The summed E-state index contributed by atoms with van der Waals surface area (Å²) in [5.74, 6) is -1.69. The first-order valence-corrected chi connectivity index (χ1v) is 8.80. The van der Waals surface area contributed by atoms with Gasteiger partial charge in [-0.3, -0.25) is 9.59 Å². The Labute approximate surface area is 146 Å². The van der Waals surface area contributed by atoms with Gasteiger partial charge >= 0.3 is 5.97 Å². The lowest BCUT2D eigenvalue weighted by atomic mass is 9.77. The molecule has 0 saturated carbocycles. The van der Waals surface area contributed by atoms with Gasteiger partial charge < -0.3 is 5.11 Å². The number of benzene rings is 1. The van der Waals surface area contributed by atoms with Crippen LogP contribution >= 0.6 is 11.3 Å². The van der Waals surface area contributed by atoms with E-state index in [2.05, 4.69) is 4.98 Å². The summed E-state index contributed by atoms with van der Waals surface area (Å²) in [6, 6.07) is 8.09. The Hall–Kier alpha value is -2.01. The zero-order valence-corrected chi connectivity index (χ0v) is 15.3. The van der Waals surface area contributed by atoms with Crippen LogP contribution in [0.3, 0.4) is 0 Å². The molecule has 0 unspecified atom stereocenters. The average Bonchev–Trinajstić information content (AvgIpc) is 2.92. The number of carboxylic acid groups (broad SMARTS) is 1. The van der Waals surface area contributed by atoms with E-state index in [-0.39, 0.29) is 18.6 Å². The van der Waals surface area contributed by atoms with Crippen molar-refractivity contribution in [3.05, 3.63) is 40.9 Å². The van der Waals surface area contributed by atoms with Crippen LogP contribution < -0.4 is 0 Å². The molecule has 1 aromatic carbocycles. The number of rotatable bonds is 6.